The van der Waals surface area contributed by atoms with Crippen molar-refractivity contribution in [3.8, 4) is 0 Å². The summed E-state index contributed by atoms with van der Waals surface area (Å²) in [6.45, 7) is 3.53. The van der Waals surface area contributed by atoms with E-state index in [0.717, 1.165) is 12.3 Å². The lowest BCUT2D eigenvalue weighted by Gasteiger charge is -2.46. The van der Waals surface area contributed by atoms with Gasteiger partial charge in [-0.3, -0.25) is 4.90 Å². The van der Waals surface area contributed by atoms with Crippen molar-refractivity contribution in [1.82, 2.24) is 4.90 Å². The van der Waals surface area contributed by atoms with Crippen LogP contribution in [0.5, 0.6) is 0 Å². The summed E-state index contributed by atoms with van der Waals surface area (Å²) < 4.78 is 28.8. The third kappa shape index (κ3) is 3.57. The molecule has 0 radical (unpaired) electrons. The van der Waals surface area contributed by atoms with Crippen molar-refractivity contribution < 1.29 is 13.2 Å². The van der Waals surface area contributed by atoms with Crippen LogP contribution in [-0.4, -0.2) is 68.8 Å². The standard InChI is InChI=1S/C10H22N2O3S2/c1-10(7-11,8-15-2)12-4-5-16-6-9(12)17(3,13)14/h9H,4-8,11H2,1-3H3. The fourth-order valence-electron chi connectivity index (χ4n) is 2.12. The number of nitrogens with two attached hydrogens (primary N) is 1. The van der Waals surface area contributed by atoms with Crippen LogP contribution in [0.25, 0.3) is 0 Å². The summed E-state index contributed by atoms with van der Waals surface area (Å²) in [7, 11) is -1.48. The van der Waals surface area contributed by atoms with Gasteiger partial charge in [-0.2, -0.15) is 11.8 Å². The second kappa shape index (κ2) is 5.88. The summed E-state index contributed by atoms with van der Waals surface area (Å²) in [4.78, 5) is 1.99. The maximum atomic E-state index is 11.8. The number of methoxy groups -OCH3 is 1. The van der Waals surface area contributed by atoms with Gasteiger partial charge in [0.1, 0.15) is 5.37 Å². The van der Waals surface area contributed by atoms with Gasteiger partial charge in [0.25, 0.3) is 0 Å². The highest BCUT2D eigenvalue weighted by molar-refractivity contribution is 8.00. The van der Waals surface area contributed by atoms with E-state index >= 15 is 0 Å². The van der Waals surface area contributed by atoms with E-state index in [9.17, 15) is 8.42 Å². The molecule has 0 spiro atoms. The molecule has 0 aromatic carbocycles. The van der Waals surface area contributed by atoms with Crippen LogP contribution in [0.1, 0.15) is 6.92 Å². The molecule has 1 saturated heterocycles. The third-order valence-corrected chi connectivity index (χ3v) is 5.81. The first-order valence-corrected chi connectivity index (χ1v) is 8.68. The summed E-state index contributed by atoms with van der Waals surface area (Å²) in [5.74, 6) is 1.55. The van der Waals surface area contributed by atoms with Gasteiger partial charge in [-0.1, -0.05) is 0 Å². The van der Waals surface area contributed by atoms with Gasteiger partial charge in [0.2, 0.25) is 0 Å². The third-order valence-electron chi connectivity index (χ3n) is 3.17. The lowest BCUT2D eigenvalue weighted by Crippen LogP contribution is -2.62. The van der Waals surface area contributed by atoms with Crippen LogP contribution in [-0.2, 0) is 14.6 Å². The molecule has 1 heterocycles. The fraction of sp³-hybridized carbons (Fsp3) is 1.00. The number of ether oxygens (including phenoxy) is 1. The molecular formula is C10H22N2O3S2. The van der Waals surface area contributed by atoms with Crippen LogP contribution in [0.15, 0.2) is 0 Å². The topological polar surface area (TPSA) is 72.6 Å². The number of rotatable bonds is 5. The predicted octanol–water partition coefficient (Wildman–Crippen LogP) is -0.230. The molecule has 1 aliphatic rings. The maximum Gasteiger partial charge on any atom is 0.164 e. The van der Waals surface area contributed by atoms with E-state index in [-0.39, 0.29) is 0 Å². The SMILES string of the molecule is COCC(C)(CN)N1CCSCC1S(C)(=O)=O. The molecule has 2 unspecified atom stereocenters. The van der Waals surface area contributed by atoms with E-state index in [1.54, 1.807) is 18.9 Å². The molecule has 2 atom stereocenters. The summed E-state index contributed by atoms with van der Waals surface area (Å²) >= 11 is 1.68. The molecule has 17 heavy (non-hydrogen) atoms. The molecule has 0 bridgehead atoms. The summed E-state index contributed by atoms with van der Waals surface area (Å²) in [5.41, 5.74) is 5.39. The highest BCUT2D eigenvalue weighted by atomic mass is 32.2. The minimum atomic E-state index is -3.09. The molecule has 7 heteroatoms. The van der Waals surface area contributed by atoms with Gasteiger partial charge >= 0.3 is 0 Å². The van der Waals surface area contributed by atoms with Crippen molar-refractivity contribution >= 4 is 21.6 Å². The smallest absolute Gasteiger partial charge is 0.164 e. The summed E-state index contributed by atoms with van der Waals surface area (Å²) in [6.07, 6.45) is 1.29. The Morgan fingerprint density at radius 3 is 2.71 bits per heavy atom. The van der Waals surface area contributed by atoms with Gasteiger partial charge in [-0.15, -0.1) is 0 Å². The molecule has 1 rings (SSSR count). The van der Waals surface area contributed by atoms with E-state index in [4.69, 9.17) is 10.5 Å². The minimum absolute atomic E-state index is 0.386. The highest BCUT2D eigenvalue weighted by Crippen LogP contribution is 2.27. The van der Waals surface area contributed by atoms with E-state index in [2.05, 4.69) is 0 Å². The Kier molecular flexibility index (Phi) is 5.27. The van der Waals surface area contributed by atoms with Gasteiger partial charge in [-0.25, -0.2) is 8.42 Å². The first-order valence-electron chi connectivity index (χ1n) is 5.57. The Balaban J connectivity index is 2.98. The number of hydrogen-bond donors (Lipinski definition) is 1. The van der Waals surface area contributed by atoms with Crippen LogP contribution >= 0.6 is 11.8 Å². The molecule has 5 nitrogen and oxygen atoms in total. The molecule has 1 fully saturated rings. The van der Waals surface area contributed by atoms with E-state index in [0.29, 0.717) is 18.9 Å². The van der Waals surface area contributed by atoms with Crippen molar-refractivity contribution in [2.75, 3.05) is 44.6 Å². The van der Waals surface area contributed by atoms with Crippen LogP contribution in [0.4, 0.5) is 0 Å². The largest absolute Gasteiger partial charge is 0.383 e. The van der Waals surface area contributed by atoms with Crippen molar-refractivity contribution in [1.29, 1.82) is 0 Å². The van der Waals surface area contributed by atoms with Gasteiger partial charge in [0, 0.05) is 38.0 Å². The summed E-state index contributed by atoms with van der Waals surface area (Å²) in [5, 5.41) is -0.454. The molecular weight excluding hydrogens is 260 g/mol. The quantitative estimate of drug-likeness (QED) is 0.751. The molecule has 0 aromatic rings. The highest BCUT2D eigenvalue weighted by Gasteiger charge is 2.41. The zero-order valence-electron chi connectivity index (χ0n) is 10.7. The first-order chi connectivity index (χ1) is 7.85. The van der Waals surface area contributed by atoms with Crippen LogP contribution < -0.4 is 5.73 Å². The molecule has 0 saturated carbocycles. The van der Waals surface area contributed by atoms with Gasteiger partial charge in [0.05, 0.1) is 12.1 Å². The van der Waals surface area contributed by atoms with Crippen molar-refractivity contribution in [2.24, 2.45) is 5.73 Å². The average Bonchev–Trinajstić information content (AvgIpc) is 2.28. The second-order valence-electron chi connectivity index (χ2n) is 4.69. The number of thioether (sulfide) groups is 1. The second-order valence-corrected chi connectivity index (χ2v) is 8.04. The van der Waals surface area contributed by atoms with Crippen LogP contribution in [0, 0.1) is 0 Å². The lowest BCUT2D eigenvalue weighted by atomic mass is 10.0. The molecule has 1 aliphatic heterocycles. The van der Waals surface area contributed by atoms with Crippen LogP contribution in [0.2, 0.25) is 0 Å². The molecule has 102 valence electrons. The Bertz CT molecular complexity index is 347. The van der Waals surface area contributed by atoms with Gasteiger partial charge < -0.3 is 10.5 Å². The molecule has 2 N–H and O–H groups in total. The zero-order chi connectivity index (χ0) is 13.1. The first kappa shape index (κ1) is 15.2. The Morgan fingerprint density at radius 2 is 2.24 bits per heavy atom. The lowest BCUT2D eigenvalue weighted by molar-refractivity contribution is 0.0242. The molecule has 0 aliphatic carbocycles. The van der Waals surface area contributed by atoms with E-state index < -0.39 is 20.8 Å². The monoisotopic (exact) mass is 282 g/mol. The number of nitrogens with zero attached hydrogens (tertiary/aromatic N) is 1. The molecule has 0 amide bonds. The van der Waals surface area contributed by atoms with E-state index in [1.165, 1.54) is 6.26 Å². The van der Waals surface area contributed by atoms with Crippen molar-refractivity contribution in [2.45, 2.75) is 17.8 Å². The van der Waals surface area contributed by atoms with Gasteiger partial charge in [-0.05, 0) is 6.92 Å². The minimum Gasteiger partial charge on any atom is -0.383 e. The van der Waals surface area contributed by atoms with Crippen molar-refractivity contribution in [3.63, 3.8) is 0 Å². The zero-order valence-corrected chi connectivity index (χ0v) is 12.3. The Morgan fingerprint density at radius 1 is 1.59 bits per heavy atom. The normalized spacial score (nSPS) is 26.7. The fourth-order valence-corrected chi connectivity index (χ4v) is 5.10. The average molecular weight is 282 g/mol. The Hall–Kier alpha value is 0.180. The van der Waals surface area contributed by atoms with Crippen molar-refractivity contribution in [3.05, 3.63) is 0 Å². The Labute approximate surface area is 108 Å². The van der Waals surface area contributed by atoms with Crippen LogP contribution in [0.3, 0.4) is 0 Å². The maximum absolute atomic E-state index is 11.8. The number of sulfone groups is 1. The summed E-state index contributed by atoms with van der Waals surface area (Å²) in [6, 6.07) is 0. The van der Waals surface area contributed by atoms with E-state index in [1.807, 2.05) is 11.8 Å². The molecule has 0 aromatic heterocycles. The number of hydrogen-bond acceptors (Lipinski definition) is 6. The van der Waals surface area contributed by atoms with Gasteiger partial charge in [0.15, 0.2) is 9.84 Å². The predicted molar refractivity (Wildman–Crippen MR) is 72.0 cm³/mol.